The summed E-state index contributed by atoms with van der Waals surface area (Å²) in [4.78, 5) is 9.80. The molecule has 0 fully saturated rings. The normalized spacial score (nSPS) is 11.1. The van der Waals surface area contributed by atoms with Crippen LogP contribution in [0.5, 0.6) is 0 Å². The van der Waals surface area contributed by atoms with Gasteiger partial charge in [0, 0.05) is 11.1 Å². The highest BCUT2D eigenvalue weighted by Crippen LogP contribution is 2.28. The largest absolute Gasteiger partial charge is 0.289 e. The Kier molecular flexibility index (Phi) is 4.15. The number of nitrogens with one attached hydrogen (secondary N) is 1. The Bertz CT molecular complexity index is 806. The molecule has 21 heavy (non-hydrogen) atoms. The van der Waals surface area contributed by atoms with Gasteiger partial charge in [-0.2, -0.15) is 0 Å². The van der Waals surface area contributed by atoms with Crippen LogP contribution in [0.3, 0.4) is 0 Å². The van der Waals surface area contributed by atoms with Gasteiger partial charge in [-0.25, -0.2) is 8.42 Å². The highest BCUT2D eigenvalue weighted by Gasteiger charge is 2.25. The lowest BCUT2D eigenvalue weighted by molar-refractivity contribution is -0.387. The molecule has 110 valence electrons. The van der Waals surface area contributed by atoms with Crippen LogP contribution in [0.25, 0.3) is 0 Å². The van der Waals surface area contributed by atoms with Crippen molar-refractivity contribution < 1.29 is 13.3 Å². The molecule has 0 atom stereocenters. The zero-order valence-electron chi connectivity index (χ0n) is 10.9. The van der Waals surface area contributed by atoms with Gasteiger partial charge in [-0.05, 0) is 30.7 Å². The molecule has 0 aliphatic rings. The maximum atomic E-state index is 12.3. The predicted molar refractivity (Wildman–Crippen MR) is 80.1 cm³/mol. The van der Waals surface area contributed by atoms with Gasteiger partial charge in [-0.3, -0.25) is 14.8 Å². The minimum atomic E-state index is -4.08. The van der Waals surface area contributed by atoms with E-state index in [1.54, 1.807) is 19.1 Å². The summed E-state index contributed by atoms with van der Waals surface area (Å²) in [5.41, 5.74) is 0.339. The Labute approximate surface area is 126 Å². The Morgan fingerprint density at radius 3 is 2.48 bits per heavy atom. The predicted octanol–water partition coefficient (Wildman–Crippen LogP) is 3.36. The number of halogens is 1. The van der Waals surface area contributed by atoms with Gasteiger partial charge in [0.1, 0.15) is 0 Å². The van der Waals surface area contributed by atoms with E-state index in [-0.39, 0.29) is 5.69 Å². The monoisotopic (exact) mass is 326 g/mol. The number of nitro benzene ring substituents is 1. The summed E-state index contributed by atoms with van der Waals surface area (Å²) >= 11 is 5.93. The summed E-state index contributed by atoms with van der Waals surface area (Å²) in [6.45, 7) is 1.65. The van der Waals surface area contributed by atoms with Crippen LogP contribution in [-0.4, -0.2) is 13.3 Å². The molecule has 2 aromatic carbocycles. The molecule has 0 radical (unpaired) electrons. The average Bonchev–Trinajstić information content (AvgIpc) is 2.44. The van der Waals surface area contributed by atoms with Gasteiger partial charge >= 0.3 is 0 Å². The van der Waals surface area contributed by atoms with E-state index in [2.05, 4.69) is 4.72 Å². The van der Waals surface area contributed by atoms with E-state index in [0.29, 0.717) is 10.6 Å². The molecule has 0 bridgehead atoms. The molecule has 0 saturated carbocycles. The van der Waals surface area contributed by atoms with Crippen molar-refractivity contribution in [3.63, 3.8) is 0 Å². The molecule has 0 amide bonds. The van der Waals surface area contributed by atoms with Gasteiger partial charge in [0.05, 0.1) is 10.6 Å². The Balaban J connectivity index is 2.49. The fourth-order valence-corrected chi connectivity index (χ4v) is 3.22. The van der Waals surface area contributed by atoms with Gasteiger partial charge in [0.25, 0.3) is 15.7 Å². The van der Waals surface area contributed by atoms with Crippen molar-refractivity contribution in [2.24, 2.45) is 0 Å². The van der Waals surface area contributed by atoms with Crippen molar-refractivity contribution in [3.8, 4) is 0 Å². The molecule has 0 saturated heterocycles. The van der Waals surface area contributed by atoms with E-state index in [9.17, 15) is 18.5 Å². The molecule has 0 aromatic heterocycles. The second-order valence-electron chi connectivity index (χ2n) is 4.24. The second kappa shape index (κ2) is 5.71. The molecule has 2 rings (SSSR count). The van der Waals surface area contributed by atoms with E-state index in [1.165, 1.54) is 24.3 Å². The Hall–Kier alpha value is -2.12. The van der Waals surface area contributed by atoms with Crippen LogP contribution in [0.1, 0.15) is 5.56 Å². The third kappa shape index (κ3) is 3.14. The lowest BCUT2D eigenvalue weighted by Crippen LogP contribution is -2.15. The fraction of sp³-hybridized carbons (Fsp3) is 0.0769. The second-order valence-corrected chi connectivity index (χ2v) is 6.30. The first kappa shape index (κ1) is 15.3. The summed E-state index contributed by atoms with van der Waals surface area (Å²) in [5.74, 6) is 0. The number of rotatable bonds is 4. The summed E-state index contributed by atoms with van der Waals surface area (Å²) in [6.07, 6.45) is 0. The molecule has 0 heterocycles. The highest BCUT2D eigenvalue weighted by molar-refractivity contribution is 7.92. The van der Waals surface area contributed by atoms with Crippen molar-refractivity contribution in [2.75, 3.05) is 4.72 Å². The van der Waals surface area contributed by atoms with E-state index in [4.69, 9.17) is 11.6 Å². The van der Waals surface area contributed by atoms with E-state index in [1.807, 2.05) is 0 Å². The van der Waals surface area contributed by atoms with Crippen molar-refractivity contribution in [2.45, 2.75) is 11.8 Å². The van der Waals surface area contributed by atoms with E-state index in [0.717, 1.165) is 6.07 Å². The highest BCUT2D eigenvalue weighted by atomic mass is 35.5. The summed E-state index contributed by atoms with van der Waals surface area (Å²) in [5, 5.41) is 11.3. The molecule has 1 N–H and O–H groups in total. The maximum Gasteiger partial charge on any atom is 0.289 e. The number of hydrogen-bond acceptors (Lipinski definition) is 4. The number of sulfonamides is 1. The van der Waals surface area contributed by atoms with Crippen LogP contribution in [0, 0.1) is 17.0 Å². The van der Waals surface area contributed by atoms with Crippen molar-refractivity contribution >= 4 is 33.0 Å². The quantitative estimate of drug-likeness (QED) is 0.689. The number of para-hydroxylation sites is 1. The maximum absolute atomic E-state index is 12.3. The smallest absolute Gasteiger partial charge is 0.279 e. The van der Waals surface area contributed by atoms with Crippen molar-refractivity contribution in [1.82, 2.24) is 0 Å². The lowest BCUT2D eigenvalue weighted by atomic mass is 10.2. The minimum absolute atomic E-state index is 0.278. The van der Waals surface area contributed by atoms with Crippen LogP contribution in [0.4, 0.5) is 11.4 Å². The first-order chi connectivity index (χ1) is 9.83. The first-order valence-corrected chi connectivity index (χ1v) is 7.70. The summed E-state index contributed by atoms with van der Waals surface area (Å²) < 4.78 is 27.0. The summed E-state index contributed by atoms with van der Waals surface area (Å²) in [7, 11) is -4.08. The van der Waals surface area contributed by atoms with Gasteiger partial charge in [0.2, 0.25) is 0 Å². The number of anilines is 1. The van der Waals surface area contributed by atoms with Crippen molar-refractivity contribution in [3.05, 3.63) is 63.2 Å². The van der Waals surface area contributed by atoms with Crippen molar-refractivity contribution in [1.29, 1.82) is 0 Å². The van der Waals surface area contributed by atoms with E-state index >= 15 is 0 Å². The van der Waals surface area contributed by atoms with Gasteiger partial charge < -0.3 is 0 Å². The summed E-state index contributed by atoms with van der Waals surface area (Å²) in [6, 6.07) is 9.90. The standard InChI is InChI=1S/C13H11ClN2O4S/c1-9-10(14)5-4-6-11(9)15-21(19,20)13-8-3-2-7-12(13)16(17)18/h2-8,15H,1H3. The molecular formula is C13H11ClN2O4S. The van der Waals surface area contributed by atoms with Gasteiger partial charge in [0.15, 0.2) is 4.90 Å². The van der Waals surface area contributed by atoms with Gasteiger partial charge in [-0.1, -0.05) is 29.8 Å². The molecule has 6 nitrogen and oxygen atoms in total. The molecule has 0 aliphatic carbocycles. The zero-order chi connectivity index (χ0) is 15.6. The average molecular weight is 327 g/mol. The van der Waals surface area contributed by atoms with Crippen LogP contribution >= 0.6 is 11.6 Å². The zero-order valence-corrected chi connectivity index (χ0v) is 12.5. The third-order valence-electron chi connectivity index (χ3n) is 2.86. The topological polar surface area (TPSA) is 89.3 Å². The molecule has 2 aromatic rings. The van der Waals surface area contributed by atoms with Gasteiger partial charge in [-0.15, -0.1) is 0 Å². The van der Waals surface area contributed by atoms with Crippen LogP contribution in [0.15, 0.2) is 47.4 Å². The Morgan fingerprint density at radius 1 is 1.14 bits per heavy atom. The fourth-order valence-electron chi connectivity index (χ4n) is 1.75. The Morgan fingerprint density at radius 2 is 1.81 bits per heavy atom. The molecular weight excluding hydrogens is 316 g/mol. The lowest BCUT2D eigenvalue weighted by Gasteiger charge is -2.11. The molecule has 8 heteroatoms. The van der Waals surface area contributed by atoms with Crippen LogP contribution < -0.4 is 4.72 Å². The van der Waals surface area contributed by atoms with Crippen LogP contribution in [-0.2, 0) is 10.0 Å². The first-order valence-electron chi connectivity index (χ1n) is 5.84. The molecule has 0 spiro atoms. The molecule has 0 aliphatic heterocycles. The number of benzene rings is 2. The SMILES string of the molecule is Cc1c(Cl)cccc1NS(=O)(=O)c1ccccc1[N+](=O)[O-]. The number of nitro groups is 1. The minimum Gasteiger partial charge on any atom is -0.279 e. The van der Waals surface area contributed by atoms with Crippen LogP contribution in [0.2, 0.25) is 5.02 Å². The number of nitrogens with zero attached hydrogens (tertiary/aromatic N) is 1. The third-order valence-corrected chi connectivity index (χ3v) is 4.69. The van der Waals surface area contributed by atoms with E-state index < -0.39 is 25.5 Å². The number of hydrogen-bond donors (Lipinski definition) is 1. The molecule has 0 unspecified atom stereocenters.